The zero-order valence-electron chi connectivity index (χ0n) is 16.1. The van der Waals surface area contributed by atoms with Crippen molar-refractivity contribution in [1.29, 1.82) is 0 Å². The van der Waals surface area contributed by atoms with Gasteiger partial charge in [0.1, 0.15) is 5.69 Å². The largest absolute Gasteiger partial charge is 0.324 e. The fraction of sp³-hybridized carbons (Fsp3) is 0.0435. The predicted octanol–water partition coefficient (Wildman–Crippen LogP) is 3.30. The van der Waals surface area contributed by atoms with Crippen molar-refractivity contribution in [2.45, 2.75) is 6.92 Å². The lowest BCUT2D eigenvalue weighted by Crippen LogP contribution is -2.22. The number of nitrogens with zero attached hydrogens (tertiary/aromatic N) is 3. The first kappa shape index (κ1) is 18.0. The van der Waals surface area contributed by atoms with Crippen LogP contribution in [0.3, 0.4) is 0 Å². The van der Waals surface area contributed by atoms with Gasteiger partial charge in [-0.2, -0.15) is 0 Å². The first-order valence-corrected chi connectivity index (χ1v) is 9.40. The zero-order valence-corrected chi connectivity index (χ0v) is 16.1. The van der Waals surface area contributed by atoms with Crippen molar-refractivity contribution in [2.24, 2.45) is 5.84 Å². The summed E-state index contributed by atoms with van der Waals surface area (Å²) in [6.45, 7) is 1.83. The van der Waals surface area contributed by atoms with Crippen LogP contribution in [0.15, 0.2) is 66.9 Å². The van der Waals surface area contributed by atoms with Gasteiger partial charge in [0.15, 0.2) is 11.6 Å². The normalized spacial score (nSPS) is 12.5. The number of benzene rings is 3. The molecule has 1 aliphatic carbocycles. The molecule has 3 aromatic carbocycles. The number of aromatic nitrogens is 3. The number of nitrogens with two attached hydrogens (primary N) is 1. The molecule has 3 N–H and O–H groups in total. The highest BCUT2D eigenvalue weighted by Gasteiger charge is 2.31. The summed E-state index contributed by atoms with van der Waals surface area (Å²) in [5.41, 5.74) is 8.07. The molecule has 0 bridgehead atoms. The van der Waals surface area contributed by atoms with Gasteiger partial charge in [0, 0.05) is 33.5 Å². The summed E-state index contributed by atoms with van der Waals surface area (Å²) in [4.78, 5) is 26.0. The van der Waals surface area contributed by atoms with Gasteiger partial charge in [-0.25, -0.2) is 4.68 Å². The lowest BCUT2D eigenvalue weighted by molar-refractivity contribution is 0.0978. The van der Waals surface area contributed by atoms with Crippen LogP contribution in [-0.2, 0) is 0 Å². The molecule has 0 amide bonds. The molecule has 7 heteroatoms. The first-order valence-electron chi connectivity index (χ1n) is 9.40. The van der Waals surface area contributed by atoms with E-state index in [4.69, 9.17) is 5.84 Å². The Balaban J connectivity index is 1.58. The highest BCUT2D eigenvalue weighted by atomic mass is 16.1. The molecule has 1 heterocycles. The zero-order chi connectivity index (χ0) is 20.8. The van der Waals surface area contributed by atoms with Crippen LogP contribution < -0.4 is 11.3 Å². The average Bonchev–Trinajstić information content (AvgIpc) is 3.27. The van der Waals surface area contributed by atoms with Gasteiger partial charge in [-0.05, 0) is 36.8 Å². The maximum absolute atomic E-state index is 13.1. The van der Waals surface area contributed by atoms with Crippen LogP contribution in [0.2, 0.25) is 0 Å². The number of hydrazine groups is 1. The highest BCUT2D eigenvalue weighted by Crippen LogP contribution is 2.32. The molecule has 0 saturated heterocycles. The molecule has 146 valence electrons. The van der Waals surface area contributed by atoms with E-state index in [1.54, 1.807) is 47.3 Å². The quantitative estimate of drug-likeness (QED) is 0.359. The lowest BCUT2D eigenvalue weighted by atomic mass is 9.81. The van der Waals surface area contributed by atoms with Crippen molar-refractivity contribution < 1.29 is 9.59 Å². The summed E-state index contributed by atoms with van der Waals surface area (Å²) in [6, 6.07) is 17.9. The van der Waals surface area contributed by atoms with Gasteiger partial charge in [0.2, 0.25) is 0 Å². The van der Waals surface area contributed by atoms with Crippen molar-refractivity contribution in [3.63, 3.8) is 0 Å². The number of carbonyl (C=O) groups is 2. The van der Waals surface area contributed by atoms with Crippen LogP contribution in [-0.4, -0.2) is 26.6 Å². The van der Waals surface area contributed by atoms with E-state index < -0.39 is 0 Å². The van der Waals surface area contributed by atoms with Crippen LogP contribution >= 0.6 is 0 Å². The number of rotatable bonds is 3. The van der Waals surface area contributed by atoms with Crippen molar-refractivity contribution in [1.82, 2.24) is 15.0 Å². The second-order valence-corrected chi connectivity index (χ2v) is 7.11. The monoisotopic (exact) mass is 395 g/mol. The van der Waals surface area contributed by atoms with E-state index in [0.29, 0.717) is 39.2 Å². The molecule has 0 aliphatic heterocycles. The van der Waals surface area contributed by atoms with E-state index in [9.17, 15) is 9.59 Å². The van der Waals surface area contributed by atoms with E-state index in [-0.39, 0.29) is 11.6 Å². The van der Waals surface area contributed by atoms with Crippen LogP contribution in [0.4, 0.5) is 5.69 Å². The number of hydrogen-bond acceptors (Lipinski definition) is 6. The van der Waals surface area contributed by atoms with Gasteiger partial charge >= 0.3 is 0 Å². The molecule has 0 saturated carbocycles. The maximum atomic E-state index is 13.1. The number of anilines is 1. The van der Waals surface area contributed by atoms with Crippen molar-refractivity contribution >= 4 is 17.3 Å². The fourth-order valence-electron chi connectivity index (χ4n) is 3.84. The Morgan fingerprint density at radius 1 is 0.867 bits per heavy atom. The second kappa shape index (κ2) is 6.75. The topological polar surface area (TPSA) is 103 Å². The van der Waals surface area contributed by atoms with Crippen molar-refractivity contribution in [3.05, 3.63) is 94.7 Å². The highest BCUT2D eigenvalue weighted by molar-refractivity contribution is 6.29. The molecule has 30 heavy (non-hydrogen) atoms. The molecule has 7 nitrogen and oxygen atoms in total. The third-order valence-electron chi connectivity index (χ3n) is 5.41. The van der Waals surface area contributed by atoms with Gasteiger partial charge in [0.05, 0.1) is 11.9 Å². The Morgan fingerprint density at radius 2 is 1.57 bits per heavy atom. The summed E-state index contributed by atoms with van der Waals surface area (Å²) in [6.07, 6.45) is 1.79. The molecular weight excluding hydrogens is 378 g/mol. The summed E-state index contributed by atoms with van der Waals surface area (Å²) < 4.78 is 1.62. The Bertz CT molecular complexity index is 1320. The predicted molar refractivity (Wildman–Crippen MR) is 113 cm³/mol. The number of nitrogens with one attached hydrogen (secondary N) is 1. The molecule has 0 fully saturated rings. The molecule has 4 aromatic rings. The lowest BCUT2D eigenvalue weighted by Gasteiger charge is -2.20. The Hall–Kier alpha value is -4.10. The van der Waals surface area contributed by atoms with Gasteiger partial charge < -0.3 is 5.43 Å². The molecule has 1 aromatic heterocycles. The molecule has 1 aliphatic rings. The number of ketones is 2. The van der Waals surface area contributed by atoms with E-state index >= 15 is 0 Å². The maximum Gasteiger partial charge on any atom is 0.194 e. The minimum atomic E-state index is -0.148. The van der Waals surface area contributed by atoms with Gasteiger partial charge in [-0.15, -0.1) is 5.10 Å². The van der Waals surface area contributed by atoms with Gasteiger partial charge in [-0.1, -0.05) is 41.6 Å². The molecule has 0 radical (unpaired) electrons. The minimum absolute atomic E-state index is 0.136. The van der Waals surface area contributed by atoms with Crippen LogP contribution in [0, 0.1) is 6.92 Å². The summed E-state index contributed by atoms with van der Waals surface area (Å²) in [5.74, 6) is 5.12. The number of fused-ring (bicyclic) bond motifs is 2. The van der Waals surface area contributed by atoms with Gasteiger partial charge in [-0.3, -0.25) is 15.4 Å². The number of nitrogen functional groups attached to an aromatic ring is 1. The van der Waals surface area contributed by atoms with E-state index in [0.717, 1.165) is 11.3 Å². The smallest absolute Gasteiger partial charge is 0.194 e. The Labute approximate surface area is 172 Å². The standard InChI is InChI=1S/C23H17N5O2/c1-13-20(28-12-19(26-27-28)14-6-8-15(25-24)9-7-14)11-10-18-21(13)23(30)17-5-3-2-4-16(17)22(18)29/h2-12,25H,24H2,1H3. The summed E-state index contributed by atoms with van der Waals surface area (Å²) in [5, 5.41) is 8.48. The SMILES string of the molecule is Cc1c(-n2cc(-c3ccc(NN)cc3)nn2)ccc2c1C(=O)c1ccccc1C2=O. The van der Waals surface area contributed by atoms with Crippen molar-refractivity contribution in [2.75, 3.05) is 5.43 Å². The number of carbonyl (C=O) groups excluding carboxylic acids is 2. The van der Waals surface area contributed by atoms with E-state index in [1.807, 2.05) is 31.2 Å². The first-order chi connectivity index (χ1) is 14.6. The van der Waals surface area contributed by atoms with E-state index in [2.05, 4.69) is 15.7 Å². The summed E-state index contributed by atoms with van der Waals surface area (Å²) in [7, 11) is 0. The molecular formula is C23H17N5O2. The molecule has 0 spiro atoms. The van der Waals surface area contributed by atoms with Crippen LogP contribution in [0.5, 0.6) is 0 Å². The Morgan fingerprint density at radius 3 is 2.27 bits per heavy atom. The Kier molecular flexibility index (Phi) is 4.04. The van der Waals surface area contributed by atoms with Crippen LogP contribution in [0.1, 0.15) is 37.4 Å². The molecule has 5 rings (SSSR count). The number of hydrogen-bond donors (Lipinski definition) is 2. The average molecular weight is 395 g/mol. The summed E-state index contributed by atoms with van der Waals surface area (Å²) >= 11 is 0. The van der Waals surface area contributed by atoms with Gasteiger partial charge in [0.25, 0.3) is 0 Å². The second-order valence-electron chi connectivity index (χ2n) is 7.11. The third-order valence-corrected chi connectivity index (χ3v) is 5.41. The fourth-order valence-corrected chi connectivity index (χ4v) is 3.84. The molecule has 0 atom stereocenters. The third kappa shape index (κ3) is 2.64. The van der Waals surface area contributed by atoms with Crippen molar-refractivity contribution in [3.8, 4) is 16.9 Å². The molecule has 0 unspecified atom stereocenters. The van der Waals surface area contributed by atoms with Crippen LogP contribution in [0.25, 0.3) is 16.9 Å². The van der Waals surface area contributed by atoms with E-state index in [1.165, 1.54) is 0 Å². The minimum Gasteiger partial charge on any atom is -0.324 e.